The Hall–Kier alpha value is 0.980. The quantitative estimate of drug-likeness (QED) is 0.241. The van der Waals surface area contributed by atoms with Crippen LogP contribution in [0.25, 0.3) is 0 Å². The van der Waals surface area contributed by atoms with Crippen LogP contribution in [-0.2, 0) is 29.9 Å². The molecule has 0 aliphatic rings. The number of para-hydroxylation sites is 1. The Morgan fingerprint density at radius 3 is 2.39 bits per heavy atom. The second-order valence-electron chi connectivity index (χ2n) is 2.87. The number of carbonyl (C=O) groups excluding carboxylic acids is 1. The summed E-state index contributed by atoms with van der Waals surface area (Å²) in [6.45, 7) is 1.24. The van der Waals surface area contributed by atoms with Crippen molar-refractivity contribution < 1.29 is 82.0 Å². The molecule has 9 heteroatoms. The van der Waals surface area contributed by atoms with Crippen LogP contribution in [0.4, 0.5) is 0 Å². The van der Waals surface area contributed by atoms with Crippen molar-refractivity contribution in [2.75, 3.05) is 0 Å². The predicted molar refractivity (Wildman–Crippen MR) is 58.5 cm³/mol. The number of hydrogen-bond acceptors (Lipinski definition) is 5. The second-order valence-corrected chi connectivity index (χ2v) is 6.14. The largest absolute Gasteiger partial charge is 1.00 e. The third-order valence-electron chi connectivity index (χ3n) is 1.59. The maximum Gasteiger partial charge on any atom is 1.00 e. The number of hydrogen-bond donors (Lipinski definition) is 0. The Morgan fingerprint density at radius 2 is 1.89 bits per heavy atom. The van der Waals surface area contributed by atoms with Gasteiger partial charge in [0.05, 0.1) is 14.6 Å². The summed E-state index contributed by atoms with van der Waals surface area (Å²) in [5.74, 6) is -0.275. The maximum atomic E-state index is 10.8. The number of rotatable bonds is 3. The van der Waals surface area contributed by atoms with Crippen LogP contribution < -0.4 is 63.9 Å². The van der Waals surface area contributed by atoms with E-state index in [-0.39, 0.29) is 80.9 Å². The van der Waals surface area contributed by atoms with Crippen LogP contribution >= 0.6 is 0 Å². The summed E-state index contributed by atoms with van der Waals surface area (Å²) in [7, 11) is -4.09. The molecule has 1 aromatic rings. The molecule has 1 rings (SSSR count). The van der Waals surface area contributed by atoms with Crippen molar-refractivity contribution in [1.29, 1.82) is 0 Å². The summed E-state index contributed by atoms with van der Waals surface area (Å²) in [4.78, 5) is 10.8. The molecule has 88 valence electrons. The molecule has 1 aromatic carbocycles. The monoisotopic (exact) mass is 307 g/mol. The van der Waals surface area contributed by atoms with Gasteiger partial charge in [-0.1, -0.05) is 12.1 Å². The van der Waals surface area contributed by atoms with Gasteiger partial charge in [-0.3, -0.25) is 4.79 Å². The molecule has 0 radical (unpaired) electrons. The first kappa shape index (κ1) is 21.3. The minimum absolute atomic E-state index is 0. The van der Waals surface area contributed by atoms with Crippen molar-refractivity contribution >= 4 is 25.3 Å². The third kappa shape index (κ3) is 8.98. The van der Waals surface area contributed by atoms with Gasteiger partial charge >= 0.3 is 65.1 Å². The van der Waals surface area contributed by atoms with E-state index in [1.807, 2.05) is 0 Å². The van der Waals surface area contributed by atoms with Gasteiger partial charge < -0.3 is 13.8 Å². The summed E-state index contributed by atoms with van der Waals surface area (Å²) < 4.78 is 36.2. The SMILES string of the molecule is CC(=O)Oc1ccccc1C[S+]=S(=O)([O-])[O-].[Na+].[Na+]. The van der Waals surface area contributed by atoms with Gasteiger partial charge in [0.25, 0.3) is 0 Å². The number of esters is 1. The topological polar surface area (TPSA) is 89.5 Å². The van der Waals surface area contributed by atoms with Crippen LogP contribution in [0, 0.1) is 0 Å². The van der Waals surface area contributed by atoms with Crippen molar-refractivity contribution in [2.45, 2.75) is 12.7 Å². The zero-order valence-electron chi connectivity index (χ0n) is 10.4. The Morgan fingerprint density at radius 1 is 1.33 bits per heavy atom. The molecule has 0 heterocycles. The number of carbonyl (C=O) groups is 1. The van der Waals surface area contributed by atoms with Gasteiger partial charge in [0, 0.05) is 6.92 Å². The minimum atomic E-state index is -4.34. The summed E-state index contributed by atoms with van der Waals surface area (Å²) in [5.41, 5.74) is 0.488. The third-order valence-corrected chi connectivity index (χ3v) is 3.52. The fourth-order valence-corrected chi connectivity index (χ4v) is 2.34. The van der Waals surface area contributed by atoms with Crippen LogP contribution in [0.5, 0.6) is 5.75 Å². The Balaban J connectivity index is 0. The van der Waals surface area contributed by atoms with Gasteiger partial charge in [0.1, 0.15) is 5.75 Å². The maximum absolute atomic E-state index is 10.8. The molecule has 0 saturated carbocycles. The van der Waals surface area contributed by atoms with Gasteiger partial charge in [-0.2, -0.15) is 0 Å². The standard InChI is InChI=1S/C9H10O5S2.2Na/c1-7(10)14-9-5-3-2-4-8(9)6-15-16(11,12)13;;/h2-5H,6H2,1H3,(H-,11,12,13);;/q;2*+1/p-1. The van der Waals surface area contributed by atoms with E-state index in [0.717, 1.165) is 0 Å². The zero-order valence-corrected chi connectivity index (χ0v) is 16.0. The van der Waals surface area contributed by atoms with E-state index < -0.39 is 15.0 Å². The van der Waals surface area contributed by atoms with Gasteiger partial charge in [-0.05, 0) is 12.1 Å². The summed E-state index contributed by atoms with van der Waals surface area (Å²) in [5, 5.41) is 0. The van der Waals surface area contributed by atoms with Crippen LogP contribution in [0.2, 0.25) is 0 Å². The van der Waals surface area contributed by atoms with Crippen molar-refractivity contribution in [3.63, 3.8) is 0 Å². The molecule has 0 atom stereocenters. The van der Waals surface area contributed by atoms with E-state index in [9.17, 15) is 18.1 Å². The van der Waals surface area contributed by atoms with Gasteiger partial charge in [-0.25, -0.2) is 4.21 Å². The van der Waals surface area contributed by atoms with Crippen molar-refractivity contribution in [2.24, 2.45) is 0 Å². The van der Waals surface area contributed by atoms with Crippen LogP contribution in [-0.4, -0.2) is 19.3 Å². The first-order chi connectivity index (χ1) is 7.38. The number of ether oxygens (including phenoxy) is 1. The molecule has 0 fully saturated rings. The molecule has 18 heavy (non-hydrogen) atoms. The van der Waals surface area contributed by atoms with Crippen molar-refractivity contribution in [3.8, 4) is 5.75 Å². The first-order valence-corrected chi connectivity index (χ1v) is 7.16. The van der Waals surface area contributed by atoms with Crippen LogP contribution in [0.3, 0.4) is 0 Å². The van der Waals surface area contributed by atoms with Gasteiger partial charge in [0.2, 0.25) is 16.1 Å². The van der Waals surface area contributed by atoms with E-state index in [2.05, 4.69) is 0 Å². The Labute approximate surface area is 154 Å². The average Bonchev–Trinajstić information content (AvgIpc) is 2.14. The molecular weight excluding hydrogens is 298 g/mol. The molecule has 0 amide bonds. The van der Waals surface area contributed by atoms with Crippen LogP contribution in [0.1, 0.15) is 12.5 Å². The van der Waals surface area contributed by atoms with Gasteiger partial charge in [-0.15, -0.1) is 0 Å². The summed E-state index contributed by atoms with van der Waals surface area (Å²) in [6, 6.07) is 6.45. The van der Waals surface area contributed by atoms with E-state index in [1.165, 1.54) is 13.0 Å². The summed E-state index contributed by atoms with van der Waals surface area (Å²) >= 11 is 0. The second kappa shape index (κ2) is 9.82. The van der Waals surface area contributed by atoms with Crippen molar-refractivity contribution in [1.82, 2.24) is 0 Å². The van der Waals surface area contributed by atoms with E-state index in [4.69, 9.17) is 4.74 Å². The number of benzene rings is 1. The van der Waals surface area contributed by atoms with Gasteiger partial charge in [0.15, 0.2) is 0 Å². The smallest absolute Gasteiger partial charge is 0.746 e. The van der Waals surface area contributed by atoms with Crippen LogP contribution in [0.15, 0.2) is 24.3 Å². The summed E-state index contributed by atoms with van der Waals surface area (Å²) in [6.07, 6.45) is 0. The Kier molecular flexibility index (Phi) is 11.6. The first-order valence-electron chi connectivity index (χ1n) is 4.25. The molecular formula is C9H9Na2O5S2+. The van der Waals surface area contributed by atoms with E-state index in [1.54, 1.807) is 18.2 Å². The van der Waals surface area contributed by atoms with E-state index >= 15 is 0 Å². The molecule has 5 nitrogen and oxygen atoms in total. The fourth-order valence-electron chi connectivity index (χ4n) is 1.01. The molecule has 0 unspecified atom stereocenters. The molecule has 0 aliphatic heterocycles. The van der Waals surface area contributed by atoms with E-state index in [0.29, 0.717) is 5.56 Å². The molecule has 0 aliphatic carbocycles. The Bertz CT molecular complexity index is 503. The normalized spacial score (nSPS) is 9.72. The molecule has 0 spiro atoms. The molecule has 0 bridgehead atoms. The molecule has 0 aromatic heterocycles. The predicted octanol–water partition coefficient (Wildman–Crippen LogP) is -5.34. The molecule has 0 saturated heterocycles. The fraction of sp³-hybridized carbons (Fsp3) is 0.222. The molecule has 0 N–H and O–H groups in total. The minimum Gasteiger partial charge on any atom is -0.746 e. The zero-order chi connectivity index (χ0) is 12.2. The average molecular weight is 307 g/mol. The van der Waals surface area contributed by atoms with Crippen molar-refractivity contribution in [3.05, 3.63) is 29.8 Å².